The van der Waals surface area contributed by atoms with Gasteiger partial charge >= 0.3 is 5.97 Å². The highest BCUT2D eigenvalue weighted by Crippen LogP contribution is 2.45. The van der Waals surface area contributed by atoms with Crippen molar-refractivity contribution in [3.63, 3.8) is 0 Å². The number of nitrogens with one attached hydrogen (secondary N) is 1. The average molecular weight is 476 g/mol. The van der Waals surface area contributed by atoms with Gasteiger partial charge in [-0.1, -0.05) is 25.1 Å². The monoisotopic (exact) mass is 475 g/mol. The molecule has 1 N–H and O–H groups in total. The van der Waals surface area contributed by atoms with Crippen molar-refractivity contribution < 1.29 is 18.7 Å². The van der Waals surface area contributed by atoms with Crippen LogP contribution in [0.15, 0.2) is 79.8 Å². The molecule has 1 aliphatic heterocycles. The molecule has 0 saturated heterocycles. The number of carbonyl (C=O) groups excluding carboxylic acids is 2. The number of benzene rings is 1. The summed E-state index contributed by atoms with van der Waals surface area (Å²) in [6.45, 7) is 3.97. The van der Waals surface area contributed by atoms with Crippen LogP contribution in [0.25, 0.3) is 11.0 Å². The predicted molar refractivity (Wildman–Crippen MR) is 131 cm³/mol. The van der Waals surface area contributed by atoms with Crippen molar-refractivity contribution in [2.45, 2.75) is 44.9 Å². The van der Waals surface area contributed by atoms with Crippen molar-refractivity contribution in [1.82, 2.24) is 5.32 Å². The Hall–Kier alpha value is -3.45. The normalized spacial score (nSPS) is 20.4. The molecule has 2 aliphatic rings. The second-order valence-corrected chi connectivity index (χ2v) is 9.66. The first-order valence-electron chi connectivity index (χ1n) is 11.4. The van der Waals surface area contributed by atoms with Crippen LogP contribution in [0.2, 0.25) is 0 Å². The largest absolute Gasteiger partial charge is 0.464 e. The van der Waals surface area contributed by atoms with Gasteiger partial charge in [-0.15, -0.1) is 11.3 Å². The van der Waals surface area contributed by atoms with Gasteiger partial charge in [-0.2, -0.15) is 0 Å². The first kappa shape index (κ1) is 22.3. The van der Waals surface area contributed by atoms with Gasteiger partial charge in [0.15, 0.2) is 11.2 Å². The smallest absolute Gasteiger partial charge is 0.336 e. The van der Waals surface area contributed by atoms with E-state index in [4.69, 9.17) is 9.15 Å². The first-order valence-corrected chi connectivity index (χ1v) is 12.3. The van der Waals surface area contributed by atoms with Crippen LogP contribution < -0.4 is 10.7 Å². The number of allylic oxidation sites excluding steroid dienone is 3. The number of carbonyl (C=O) groups is 2. The van der Waals surface area contributed by atoms with Crippen LogP contribution in [0.5, 0.6) is 0 Å². The van der Waals surface area contributed by atoms with E-state index < -0.39 is 11.9 Å². The number of Topliss-reactive ketones (excluding diaryl/α,β-unsaturated/α-hetero) is 1. The zero-order chi connectivity index (χ0) is 23.8. The van der Waals surface area contributed by atoms with E-state index in [1.54, 1.807) is 42.5 Å². The fourth-order valence-corrected chi connectivity index (χ4v) is 5.74. The molecule has 7 heteroatoms. The number of ketones is 1. The Labute approximate surface area is 200 Å². The molecule has 0 fully saturated rings. The van der Waals surface area contributed by atoms with Gasteiger partial charge in [0.2, 0.25) is 0 Å². The van der Waals surface area contributed by atoms with E-state index in [9.17, 15) is 14.4 Å². The molecule has 174 valence electrons. The number of rotatable bonds is 5. The lowest BCUT2D eigenvalue weighted by molar-refractivity contribution is -0.139. The van der Waals surface area contributed by atoms with Crippen LogP contribution in [-0.4, -0.2) is 18.4 Å². The third-order valence-corrected chi connectivity index (χ3v) is 7.48. The molecule has 3 heterocycles. The molecule has 34 heavy (non-hydrogen) atoms. The Morgan fingerprint density at radius 3 is 2.76 bits per heavy atom. The molecule has 1 aromatic carbocycles. The van der Waals surface area contributed by atoms with E-state index >= 15 is 0 Å². The first-order chi connectivity index (χ1) is 16.5. The number of hydrogen-bond acceptors (Lipinski definition) is 7. The number of dihydropyridines is 1. The summed E-state index contributed by atoms with van der Waals surface area (Å²) in [6, 6.07) is 11.0. The van der Waals surface area contributed by atoms with Gasteiger partial charge in [0.05, 0.1) is 29.7 Å². The maximum Gasteiger partial charge on any atom is 0.336 e. The Bertz CT molecular complexity index is 1400. The predicted octanol–water partition coefficient (Wildman–Crippen LogP) is 5.17. The minimum Gasteiger partial charge on any atom is -0.464 e. The molecule has 2 atom stereocenters. The fraction of sp³-hybridized carbons (Fsp3) is 0.296. The van der Waals surface area contributed by atoms with E-state index in [1.165, 1.54) is 6.26 Å². The molecule has 2 aromatic heterocycles. The maximum atomic E-state index is 13.6. The van der Waals surface area contributed by atoms with Crippen LogP contribution in [0.3, 0.4) is 0 Å². The third kappa shape index (κ3) is 3.80. The van der Waals surface area contributed by atoms with Crippen molar-refractivity contribution in [3.8, 4) is 0 Å². The van der Waals surface area contributed by atoms with Crippen LogP contribution in [-0.2, 0) is 14.3 Å². The van der Waals surface area contributed by atoms with Crippen molar-refractivity contribution in [2.24, 2.45) is 0 Å². The van der Waals surface area contributed by atoms with E-state index in [0.717, 1.165) is 10.6 Å². The molecule has 0 spiro atoms. The highest BCUT2D eigenvalue weighted by Gasteiger charge is 2.42. The molecule has 2 unspecified atom stereocenters. The summed E-state index contributed by atoms with van der Waals surface area (Å²) in [4.78, 5) is 41.5. The van der Waals surface area contributed by atoms with Crippen LogP contribution in [0, 0.1) is 0 Å². The molecule has 1 aliphatic carbocycles. The Morgan fingerprint density at radius 1 is 1.18 bits per heavy atom. The molecule has 0 radical (unpaired) electrons. The summed E-state index contributed by atoms with van der Waals surface area (Å²) < 4.78 is 11.3. The van der Waals surface area contributed by atoms with Crippen LogP contribution >= 0.6 is 11.3 Å². The summed E-state index contributed by atoms with van der Waals surface area (Å²) in [5.74, 6) is -1.37. The topological polar surface area (TPSA) is 85.6 Å². The molecular formula is C27H25NO5S. The van der Waals surface area contributed by atoms with Gasteiger partial charge in [-0.3, -0.25) is 9.59 Å². The molecule has 5 rings (SSSR count). The van der Waals surface area contributed by atoms with Gasteiger partial charge in [0, 0.05) is 39.7 Å². The average Bonchev–Trinajstić information content (AvgIpc) is 3.37. The lowest BCUT2D eigenvalue weighted by Crippen LogP contribution is -2.37. The second-order valence-electron chi connectivity index (χ2n) is 8.68. The van der Waals surface area contributed by atoms with Crippen LogP contribution in [0.4, 0.5) is 0 Å². The lowest BCUT2D eigenvalue weighted by atomic mass is 9.73. The van der Waals surface area contributed by atoms with Gasteiger partial charge in [0.25, 0.3) is 0 Å². The summed E-state index contributed by atoms with van der Waals surface area (Å²) in [6.07, 6.45) is 3.02. The Balaban J connectivity index is 1.67. The van der Waals surface area contributed by atoms with Gasteiger partial charge in [-0.05, 0) is 43.3 Å². The summed E-state index contributed by atoms with van der Waals surface area (Å²) >= 11 is 1.63. The number of fused-ring (bicyclic) bond motifs is 1. The molecule has 6 nitrogen and oxygen atoms in total. The Kier molecular flexibility index (Phi) is 5.96. The highest BCUT2D eigenvalue weighted by molar-refractivity contribution is 7.10. The maximum absolute atomic E-state index is 13.6. The minimum atomic E-state index is -0.835. The summed E-state index contributed by atoms with van der Waals surface area (Å²) in [5.41, 5.74) is 2.60. The highest BCUT2D eigenvalue weighted by atomic mass is 32.1. The van der Waals surface area contributed by atoms with Crippen molar-refractivity contribution in [1.29, 1.82) is 0 Å². The zero-order valence-corrected chi connectivity index (χ0v) is 19.9. The minimum absolute atomic E-state index is 0.0637. The quantitative estimate of drug-likeness (QED) is 0.513. The summed E-state index contributed by atoms with van der Waals surface area (Å²) in [5, 5.41) is 5.74. The third-order valence-electron chi connectivity index (χ3n) is 6.45. The van der Waals surface area contributed by atoms with Gasteiger partial charge in [0.1, 0.15) is 5.58 Å². The van der Waals surface area contributed by atoms with Gasteiger partial charge in [-0.25, -0.2) is 4.79 Å². The number of hydrogen-bond donors (Lipinski definition) is 1. The number of ether oxygens (including phenoxy) is 1. The van der Waals surface area contributed by atoms with E-state index in [1.807, 2.05) is 24.4 Å². The second kappa shape index (κ2) is 9.06. The molecule has 0 amide bonds. The van der Waals surface area contributed by atoms with E-state index in [2.05, 4.69) is 5.32 Å². The molecule has 3 aromatic rings. The van der Waals surface area contributed by atoms with Crippen molar-refractivity contribution >= 4 is 34.1 Å². The fourth-order valence-electron chi connectivity index (χ4n) is 4.91. The molecule has 0 bridgehead atoms. The lowest BCUT2D eigenvalue weighted by Gasteiger charge is -2.36. The zero-order valence-electron chi connectivity index (χ0n) is 19.1. The SMILES string of the molecule is CCCOC(=O)C1=C(C)NC2=C(C(=O)CC(c3cccs3)C2)C1c1coc2ccccc2c1=O. The van der Waals surface area contributed by atoms with Gasteiger partial charge < -0.3 is 14.5 Å². The van der Waals surface area contributed by atoms with E-state index in [0.29, 0.717) is 41.5 Å². The number of para-hydroxylation sites is 1. The van der Waals surface area contributed by atoms with Crippen LogP contribution in [0.1, 0.15) is 55.4 Å². The number of esters is 1. The molecular weight excluding hydrogens is 450 g/mol. The Morgan fingerprint density at radius 2 is 2.00 bits per heavy atom. The van der Waals surface area contributed by atoms with E-state index in [-0.39, 0.29) is 34.9 Å². The van der Waals surface area contributed by atoms with Crippen molar-refractivity contribution in [2.75, 3.05) is 6.61 Å². The van der Waals surface area contributed by atoms with Crippen molar-refractivity contribution in [3.05, 3.63) is 91.2 Å². The molecule has 0 saturated carbocycles. The standard InChI is InChI=1S/C27H25NO5S/c1-3-10-32-27(31)23-15(2)28-19-12-16(22-9-6-11-34-22)13-20(29)25(19)24(23)18-14-33-21-8-5-4-7-17(21)26(18)30/h4-9,11,14,16,24,28H,3,10,12-13H2,1-2H3. The summed E-state index contributed by atoms with van der Waals surface area (Å²) in [7, 11) is 0. The number of thiophene rings is 1.